The van der Waals surface area contributed by atoms with Gasteiger partial charge in [0.05, 0.1) is 6.04 Å². The van der Waals surface area contributed by atoms with Crippen LogP contribution in [0.25, 0.3) is 10.9 Å². The Balaban J connectivity index is 1.82. The Morgan fingerprint density at radius 1 is 1.30 bits per heavy atom. The Hall–Kier alpha value is -2.01. The quantitative estimate of drug-likeness (QED) is 0.880. The molecule has 23 heavy (non-hydrogen) atoms. The molecule has 5 nitrogen and oxygen atoms in total. The van der Waals surface area contributed by atoms with Crippen molar-refractivity contribution in [2.24, 2.45) is 7.05 Å². The number of amides is 1. The van der Waals surface area contributed by atoms with Gasteiger partial charge in [-0.2, -0.15) is 0 Å². The molecule has 5 heteroatoms. The smallest absolute Gasteiger partial charge is 0.410 e. The average molecular weight is 315 g/mol. The lowest BCUT2D eigenvalue weighted by Crippen LogP contribution is -2.49. The van der Waals surface area contributed by atoms with Crippen molar-refractivity contribution in [2.75, 3.05) is 19.6 Å². The van der Waals surface area contributed by atoms with E-state index in [1.54, 1.807) is 4.90 Å². The normalized spacial score (nSPS) is 19.1. The van der Waals surface area contributed by atoms with Gasteiger partial charge in [0.2, 0.25) is 0 Å². The third-order valence-corrected chi connectivity index (χ3v) is 4.16. The van der Waals surface area contributed by atoms with E-state index in [1.165, 1.54) is 16.5 Å². The van der Waals surface area contributed by atoms with Crippen LogP contribution in [0.3, 0.4) is 0 Å². The van der Waals surface area contributed by atoms with Crippen LogP contribution in [0.4, 0.5) is 4.79 Å². The van der Waals surface area contributed by atoms with Crippen molar-refractivity contribution in [3.05, 3.63) is 36.0 Å². The summed E-state index contributed by atoms with van der Waals surface area (Å²) in [5.74, 6) is 0. The molecule has 1 saturated heterocycles. The fourth-order valence-electron chi connectivity index (χ4n) is 3.08. The number of rotatable bonds is 1. The number of benzene rings is 1. The first kappa shape index (κ1) is 15.9. The zero-order valence-electron chi connectivity index (χ0n) is 14.3. The van der Waals surface area contributed by atoms with Crippen LogP contribution < -0.4 is 5.32 Å². The van der Waals surface area contributed by atoms with E-state index in [-0.39, 0.29) is 12.1 Å². The number of aromatic nitrogens is 1. The molecule has 2 heterocycles. The van der Waals surface area contributed by atoms with Crippen LogP contribution in [0.1, 0.15) is 32.4 Å². The van der Waals surface area contributed by atoms with Crippen molar-refractivity contribution in [1.29, 1.82) is 0 Å². The van der Waals surface area contributed by atoms with Crippen molar-refractivity contribution in [3.63, 3.8) is 0 Å². The molecule has 1 aliphatic rings. The number of hydrogen-bond donors (Lipinski definition) is 1. The van der Waals surface area contributed by atoms with Gasteiger partial charge in [0.1, 0.15) is 5.60 Å². The van der Waals surface area contributed by atoms with Gasteiger partial charge in [0.25, 0.3) is 0 Å². The highest BCUT2D eigenvalue weighted by molar-refractivity contribution is 5.84. The summed E-state index contributed by atoms with van der Waals surface area (Å²) >= 11 is 0. The predicted octanol–water partition coefficient (Wildman–Crippen LogP) is 3.06. The molecular formula is C18H25N3O2. The van der Waals surface area contributed by atoms with E-state index >= 15 is 0 Å². The molecule has 1 N–H and O–H groups in total. The van der Waals surface area contributed by atoms with Crippen LogP contribution in [-0.4, -0.2) is 40.8 Å². The second kappa shape index (κ2) is 5.89. The van der Waals surface area contributed by atoms with E-state index in [2.05, 4.69) is 40.3 Å². The monoisotopic (exact) mass is 315 g/mol. The highest BCUT2D eigenvalue weighted by Crippen LogP contribution is 2.27. The third kappa shape index (κ3) is 3.34. The van der Waals surface area contributed by atoms with E-state index in [1.807, 2.05) is 27.8 Å². The molecule has 0 saturated carbocycles. The number of piperazine rings is 1. The Kier molecular flexibility index (Phi) is 4.06. The molecule has 0 radical (unpaired) electrons. The first-order chi connectivity index (χ1) is 10.8. The van der Waals surface area contributed by atoms with Crippen LogP contribution in [0.2, 0.25) is 0 Å². The fourth-order valence-corrected chi connectivity index (χ4v) is 3.08. The number of aryl methyl sites for hydroxylation is 1. The van der Waals surface area contributed by atoms with Crippen molar-refractivity contribution in [3.8, 4) is 0 Å². The molecular weight excluding hydrogens is 290 g/mol. The summed E-state index contributed by atoms with van der Waals surface area (Å²) in [6, 6.07) is 8.60. The standard InChI is InChI=1S/C18H25N3O2/c1-18(2,3)23-17(22)21-11-9-19-15(12-21)13-6-5-7-16-14(13)8-10-20(16)4/h5-8,10,15,19H,9,11-12H2,1-4H3. The Morgan fingerprint density at radius 2 is 2.09 bits per heavy atom. The number of hydrogen-bond acceptors (Lipinski definition) is 3. The van der Waals surface area contributed by atoms with Crippen molar-refractivity contribution in [2.45, 2.75) is 32.4 Å². The van der Waals surface area contributed by atoms with E-state index in [4.69, 9.17) is 4.74 Å². The van der Waals surface area contributed by atoms with Gasteiger partial charge in [0.15, 0.2) is 0 Å². The van der Waals surface area contributed by atoms with Crippen LogP contribution in [0.15, 0.2) is 30.5 Å². The maximum atomic E-state index is 12.3. The Morgan fingerprint density at radius 3 is 2.83 bits per heavy atom. The lowest BCUT2D eigenvalue weighted by atomic mass is 10.0. The molecule has 1 aromatic heterocycles. The topological polar surface area (TPSA) is 46.5 Å². The summed E-state index contributed by atoms with van der Waals surface area (Å²) < 4.78 is 7.63. The number of carbonyl (C=O) groups excluding carboxylic acids is 1. The summed E-state index contributed by atoms with van der Waals surface area (Å²) in [4.78, 5) is 14.1. The largest absolute Gasteiger partial charge is 0.444 e. The van der Waals surface area contributed by atoms with E-state index < -0.39 is 5.60 Å². The highest BCUT2D eigenvalue weighted by atomic mass is 16.6. The van der Waals surface area contributed by atoms with Gasteiger partial charge in [-0.15, -0.1) is 0 Å². The third-order valence-electron chi connectivity index (χ3n) is 4.16. The second-order valence-electron chi connectivity index (χ2n) is 7.14. The molecule has 1 atom stereocenters. The molecule has 1 unspecified atom stereocenters. The SMILES string of the molecule is Cn1ccc2c(C3CN(C(=O)OC(C)(C)C)CCN3)cccc21. The summed E-state index contributed by atoms with van der Waals surface area (Å²) in [6.07, 6.45) is 1.84. The maximum absolute atomic E-state index is 12.3. The summed E-state index contributed by atoms with van der Waals surface area (Å²) in [5, 5.41) is 4.76. The van der Waals surface area contributed by atoms with Crippen molar-refractivity contribution < 1.29 is 9.53 Å². The number of nitrogens with one attached hydrogen (secondary N) is 1. The van der Waals surface area contributed by atoms with Gasteiger partial charge in [-0.3, -0.25) is 0 Å². The van der Waals surface area contributed by atoms with E-state index in [9.17, 15) is 4.79 Å². The minimum Gasteiger partial charge on any atom is -0.444 e. The first-order valence-electron chi connectivity index (χ1n) is 8.10. The van der Waals surface area contributed by atoms with Crippen LogP contribution in [0.5, 0.6) is 0 Å². The molecule has 1 aromatic carbocycles. The van der Waals surface area contributed by atoms with Crippen LogP contribution in [-0.2, 0) is 11.8 Å². The van der Waals surface area contributed by atoms with Crippen molar-refractivity contribution >= 4 is 17.0 Å². The molecule has 0 bridgehead atoms. The van der Waals surface area contributed by atoms with Crippen LogP contribution >= 0.6 is 0 Å². The predicted molar refractivity (Wildman–Crippen MR) is 91.5 cm³/mol. The number of nitrogens with zero attached hydrogens (tertiary/aromatic N) is 2. The van der Waals surface area contributed by atoms with Gasteiger partial charge in [-0.05, 0) is 38.5 Å². The lowest BCUT2D eigenvalue weighted by Gasteiger charge is -2.35. The Labute approximate surface area is 137 Å². The molecule has 0 aliphatic carbocycles. The van der Waals surface area contributed by atoms with Gasteiger partial charge in [-0.1, -0.05) is 12.1 Å². The number of ether oxygens (including phenoxy) is 1. The van der Waals surface area contributed by atoms with Gasteiger partial charge in [-0.25, -0.2) is 4.79 Å². The molecule has 124 valence electrons. The summed E-state index contributed by atoms with van der Waals surface area (Å²) in [6.45, 7) is 7.77. The Bertz CT molecular complexity index is 715. The zero-order valence-corrected chi connectivity index (χ0v) is 14.3. The number of carbonyl (C=O) groups is 1. The van der Waals surface area contributed by atoms with E-state index in [0.29, 0.717) is 13.1 Å². The molecule has 1 fully saturated rings. The first-order valence-corrected chi connectivity index (χ1v) is 8.10. The maximum Gasteiger partial charge on any atom is 0.410 e. The minimum absolute atomic E-state index is 0.127. The molecule has 0 spiro atoms. The van der Waals surface area contributed by atoms with E-state index in [0.717, 1.165) is 6.54 Å². The van der Waals surface area contributed by atoms with Gasteiger partial charge >= 0.3 is 6.09 Å². The highest BCUT2D eigenvalue weighted by Gasteiger charge is 2.28. The molecule has 3 rings (SSSR count). The molecule has 2 aromatic rings. The fraction of sp³-hybridized carbons (Fsp3) is 0.500. The van der Waals surface area contributed by atoms with Gasteiger partial charge < -0.3 is 19.5 Å². The average Bonchev–Trinajstić information content (AvgIpc) is 2.87. The summed E-state index contributed by atoms with van der Waals surface area (Å²) in [5.41, 5.74) is 1.98. The summed E-state index contributed by atoms with van der Waals surface area (Å²) in [7, 11) is 2.05. The zero-order chi connectivity index (χ0) is 16.6. The number of fused-ring (bicyclic) bond motifs is 1. The molecule has 1 aliphatic heterocycles. The second-order valence-corrected chi connectivity index (χ2v) is 7.14. The molecule has 1 amide bonds. The lowest BCUT2D eigenvalue weighted by molar-refractivity contribution is 0.0195. The van der Waals surface area contributed by atoms with Gasteiger partial charge in [0, 0.05) is 43.8 Å². The van der Waals surface area contributed by atoms with Crippen LogP contribution in [0, 0.1) is 0 Å². The minimum atomic E-state index is -0.461. The van der Waals surface area contributed by atoms with Crippen molar-refractivity contribution in [1.82, 2.24) is 14.8 Å².